The molecule has 0 spiro atoms. The Morgan fingerprint density at radius 3 is 2.48 bits per heavy atom. The molecule has 5 heteroatoms. The molecule has 1 heterocycles. The van der Waals surface area contributed by atoms with Crippen LogP contribution < -0.4 is 5.32 Å². The van der Waals surface area contributed by atoms with E-state index in [1.54, 1.807) is 6.08 Å². The van der Waals surface area contributed by atoms with Gasteiger partial charge in [-0.05, 0) is 60.3 Å². The summed E-state index contributed by atoms with van der Waals surface area (Å²) >= 11 is 1.53. The Bertz CT molecular complexity index is 948. The van der Waals surface area contributed by atoms with Gasteiger partial charge in [0, 0.05) is 11.0 Å². The van der Waals surface area contributed by atoms with Gasteiger partial charge in [0.2, 0.25) is 5.91 Å². The largest absolute Gasteiger partial charge is 0.462 e. The highest BCUT2D eigenvalue weighted by Gasteiger charge is 2.26. The average molecular weight is 440 g/mol. The molecule has 3 rings (SSSR count). The summed E-state index contributed by atoms with van der Waals surface area (Å²) in [6.07, 6.45) is 9.28. The first kappa shape index (κ1) is 23.3. The van der Waals surface area contributed by atoms with Crippen molar-refractivity contribution >= 4 is 34.3 Å². The summed E-state index contributed by atoms with van der Waals surface area (Å²) in [5.74, 6) is -0.556. The minimum absolute atomic E-state index is 0.0968. The van der Waals surface area contributed by atoms with E-state index < -0.39 is 0 Å². The lowest BCUT2D eigenvalue weighted by atomic mass is 9.87. The Hall–Kier alpha value is -2.40. The molecule has 1 aliphatic rings. The third-order valence-corrected chi connectivity index (χ3v) is 6.71. The van der Waals surface area contributed by atoms with E-state index in [4.69, 9.17) is 4.74 Å². The van der Waals surface area contributed by atoms with E-state index in [0.717, 1.165) is 43.2 Å². The molecule has 166 valence electrons. The van der Waals surface area contributed by atoms with E-state index in [1.807, 2.05) is 19.1 Å². The van der Waals surface area contributed by atoms with Crippen LogP contribution in [0.2, 0.25) is 0 Å². The fourth-order valence-corrected chi connectivity index (χ4v) is 5.01. The van der Waals surface area contributed by atoms with Crippen LogP contribution in [-0.4, -0.2) is 18.5 Å². The summed E-state index contributed by atoms with van der Waals surface area (Å²) in [5.41, 5.74) is 3.95. The van der Waals surface area contributed by atoms with E-state index in [0.29, 0.717) is 17.2 Å². The zero-order valence-electron chi connectivity index (χ0n) is 19.0. The van der Waals surface area contributed by atoms with Crippen molar-refractivity contribution in [1.29, 1.82) is 0 Å². The van der Waals surface area contributed by atoms with Crippen molar-refractivity contribution in [2.24, 2.45) is 0 Å². The molecule has 2 aromatic rings. The fourth-order valence-electron chi connectivity index (χ4n) is 3.73. The minimum atomic E-state index is -0.321. The maximum Gasteiger partial charge on any atom is 0.341 e. The summed E-state index contributed by atoms with van der Waals surface area (Å²) in [6.45, 7) is 8.90. The van der Waals surface area contributed by atoms with Crippen molar-refractivity contribution in [2.45, 2.75) is 71.6 Å². The molecule has 1 aromatic carbocycles. The minimum Gasteiger partial charge on any atom is -0.462 e. The van der Waals surface area contributed by atoms with Crippen molar-refractivity contribution in [3.05, 3.63) is 57.5 Å². The summed E-state index contributed by atoms with van der Waals surface area (Å²) < 4.78 is 5.43. The van der Waals surface area contributed by atoms with Gasteiger partial charge in [-0.25, -0.2) is 4.79 Å². The molecule has 4 nitrogen and oxygen atoms in total. The zero-order chi connectivity index (χ0) is 22.4. The normalized spacial score (nSPS) is 14.2. The van der Waals surface area contributed by atoms with Crippen LogP contribution in [0.4, 0.5) is 5.00 Å². The quantitative estimate of drug-likeness (QED) is 0.316. The first-order valence-electron chi connectivity index (χ1n) is 11.2. The van der Waals surface area contributed by atoms with Crippen molar-refractivity contribution in [3.8, 4) is 0 Å². The van der Waals surface area contributed by atoms with Gasteiger partial charge in [0.05, 0.1) is 12.2 Å². The summed E-state index contributed by atoms with van der Waals surface area (Å²) in [5, 5.41) is 3.56. The SMILES string of the molecule is CCCOC(=O)c1c(NC(=O)/C=C/c2ccc(C(C)(C)C)cc2)sc2c1CCCCC2. The third kappa shape index (κ3) is 6.07. The molecular formula is C26H33NO3S. The van der Waals surface area contributed by atoms with Crippen molar-refractivity contribution < 1.29 is 14.3 Å². The van der Waals surface area contributed by atoms with Gasteiger partial charge in [-0.3, -0.25) is 4.79 Å². The second-order valence-electron chi connectivity index (χ2n) is 9.10. The molecule has 1 amide bonds. The lowest BCUT2D eigenvalue weighted by molar-refractivity contribution is -0.111. The van der Waals surface area contributed by atoms with E-state index in [2.05, 4.69) is 38.2 Å². The number of thiophene rings is 1. The van der Waals surface area contributed by atoms with Gasteiger partial charge in [-0.2, -0.15) is 0 Å². The van der Waals surface area contributed by atoms with Gasteiger partial charge in [0.1, 0.15) is 5.00 Å². The molecule has 0 unspecified atom stereocenters. The van der Waals surface area contributed by atoms with E-state index >= 15 is 0 Å². The number of rotatable bonds is 6. The second-order valence-corrected chi connectivity index (χ2v) is 10.2. The number of amides is 1. The van der Waals surface area contributed by atoms with Crippen LogP contribution in [0, 0.1) is 0 Å². The molecular weight excluding hydrogens is 406 g/mol. The number of nitrogens with one attached hydrogen (secondary N) is 1. The number of esters is 1. The molecule has 0 saturated carbocycles. The molecule has 1 N–H and O–H groups in total. The monoisotopic (exact) mass is 439 g/mol. The Morgan fingerprint density at radius 2 is 1.81 bits per heavy atom. The number of carbonyl (C=O) groups excluding carboxylic acids is 2. The Labute approximate surface area is 189 Å². The predicted octanol–water partition coefficient (Wildman–Crippen LogP) is 6.53. The molecule has 1 aliphatic carbocycles. The number of hydrogen-bond acceptors (Lipinski definition) is 4. The topological polar surface area (TPSA) is 55.4 Å². The second kappa shape index (κ2) is 10.3. The van der Waals surface area contributed by atoms with Gasteiger partial charge in [0.15, 0.2) is 0 Å². The number of fused-ring (bicyclic) bond motifs is 1. The summed E-state index contributed by atoms with van der Waals surface area (Å²) in [6, 6.07) is 8.22. The molecule has 1 aromatic heterocycles. The summed E-state index contributed by atoms with van der Waals surface area (Å²) in [4.78, 5) is 26.6. The van der Waals surface area contributed by atoms with Crippen molar-refractivity contribution in [3.63, 3.8) is 0 Å². The van der Waals surface area contributed by atoms with Crippen LogP contribution in [0.25, 0.3) is 6.08 Å². The highest BCUT2D eigenvalue weighted by atomic mass is 32.1. The number of aryl methyl sites for hydroxylation is 1. The number of hydrogen-bond donors (Lipinski definition) is 1. The maximum atomic E-state index is 12.8. The lowest BCUT2D eigenvalue weighted by Gasteiger charge is -2.18. The van der Waals surface area contributed by atoms with Gasteiger partial charge in [-0.1, -0.05) is 58.4 Å². The first-order chi connectivity index (χ1) is 14.8. The Kier molecular flexibility index (Phi) is 7.71. The number of carbonyl (C=O) groups is 2. The maximum absolute atomic E-state index is 12.8. The molecule has 0 bridgehead atoms. The van der Waals surface area contributed by atoms with E-state index in [9.17, 15) is 9.59 Å². The van der Waals surface area contributed by atoms with Gasteiger partial charge < -0.3 is 10.1 Å². The van der Waals surface area contributed by atoms with Crippen LogP contribution >= 0.6 is 11.3 Å². The highest BCUT2D eigenvalue weighted by molar-refractivity contribution is 7.17. The van der Waals surface area contributed by atoms with E-state index in [-0.39, 0.29) is 17.3 Å². The molecule has 0 aliphatic heterocycles. The van der Waals surface area contributed by atoms with Crippen LogP contribution in [0.3, 0.4) is 0 Å². The Balaban J connectivity index is 1.77. The van der Waals surface area contributed by atoms with E-state index in [1.165, 1.54) is 34.3 Å². The predicted molar refractivity (Wildman–Crippen MR) is 129 cm³/mol. The molecule has 0 saturated heterocycles. The number of anilines is 1. The molecule has 31 heavy (non-hydrogen) atoms. The number of ether oxygens (including phenoxy) is 1. The molecule has 0 fully saturated rings. The number of benzene rings is 1. The first-order valence-corrected chi connectivity index (χ1v) is 12.0. The summed E-state index contributed by atoms with van der Waals surface area (Å²) in [7, 11) is 0. The fraction of sp³-hybridized carbons (Fsp3) is 0.462. The Morgan fingerprint density at radius 1 is 1.10 bits per heavy atom. The lowest BCUT2D eigenvalue weighted by Crippen LogP contribution is -2.13. The van der Waals surface area contributed by atoms with Gasteiger partial charge in [-0.15, -0.1) is 11.3 Å². The highest BCUT2D eigenvalue weighted by Crippen LogP contribution is 2.38. The van der Waals surface area contributed by atoms with Crippen molar-refractivity contribution in [2.75, 3.05) is 11.9 Å². The molecule has 0 radical (unpaired) electrons. The standard InChI is InChI=1S/C26H33NO3S/c1-5-17-30-25(29)23-20-9-7-6-8-10-21(20)31-24(23)27-22(28)16-13-18-11-14-19(15-12-18)26(2,3)4/h11-16H,5-10,17H2,1-4H3,(H,27,28)/b16-13+. The van der Waals surface area contributed by atoms with Crippen molar-refractivity contribution in [1.82, 2.24) is 0 Å². The smallest absolute Gasteiger partial charge is 0.341 e. The average Bonchev–Trinajstić information content (AvgIpc) is 2.90. The molecule has 0 atom stereocenters. The van der Waals surface area contributed by atoms with Crippen LogP contribution in [0.15, 0.2) is 30.3 Å². The zero-order valence-corrected chi connectivity index (χ0v) is 19.9. The third-order valence-electron chi connectivity index (χ3n) is 5.50. The van der Waals surface area contributed by atoms with Gasteiger partial charge >= 0.3 is 5.97 Å². The van der Waals surface area contributed by atoms with Crippen LogP contribution in [0.5, 0.6) is 0 Å². The van der Waals surface area contributed by atoms with Gasteiger partial charge in [0.25, 0.3) is 0 Å². The van der Waals surface area contributed by atoms with Crippen LogP contribution in [0.1, 0.15) is 85.3 Å². The van der Waals surface area contributed by atoms with Crippen LogP contribution in [-0.2, 0) is 27.8 Å².